The van der Waals surface area contributed by atoms with Crippen LogP contribution in [0.5, 0.6) is 11.5 Å². The van der Waals surface area contributed by atoms with Crippen molar-refractivity contribution in [3.8, 4) is 11.5 Å². The minimum Gasteiger partial charge on any atom is -0.497 e. The van der Waals surface area contributed by atoms with E-state index in [0.29, 0.717) is 22.7 Å². The molecule has 6 nitrogen and oxygen atoms in total. The molecule has 0 radical (unpaired) electrons. The Balaban J connectivity index is 2.00. The first-order valence-electron chi connectivity index (χ1n) is 6.91. The van der Waals surface area contributed by atoms with Gasteiger partial charge in [-0.3, -0.25) is 4.79 Å². The van der Waals surface area contributed by atoms with Crippen molar-refractivity contribution in [3.63, 3.8) is 0 Å². The summed E-state index contributed by atoms with van der Waals surface area (Å²) in [6, 6.07) is 11.6. The molecule has 120 valence electrons. The summed E-state index contributed by atoms with van der Waals surface area (Å²) in [7, 11) is 1.55. The fourth-order valence-corrected chi connectivity index (χ4v) is 2.03. The smallest absolute Gasteiger partial charge is 0.336 e. The maximum atomic E-state index is 12.0. The molecule has 0 fully saturated rings. The monoisotopic (exact) mass is 315 g/mol. The second-order valence-corrected chi connectivity index (χ2v) is 4.80. The van der Waals surface area contributed by atoms with Gasteiger partial charge in [0.2, 0.25) is 0 Å². The van der Waals surface area contributed by atoms with Crippen LogP contribution in [-0.4, -0.2) is 30.7 Å². The maximum Gasteiger partial charge on any atom is 0.336 e. The molecule has 0 aromatic heterocycles. The Morgan fingerprint density at radius 1 is 1.13 bits per heavy atom. The molecule has 0 saturated carbocycles. The third-order valence-electron chi connectivity index (χ3n) is 3.25. The lowest BCUT2D eigenvalue weighted by atomic mass is 10.1. The molecule has 0 bridgehead atoms. The van der Waals surface area contributed by atoms with E-state index in [2.05, 4.69) is 5.32 Å². The second kappa shape index (κ2) is 7.31. The average Bonchev–Trinajstić information content (AvgIpc) is 2.55. The van der Waals surface area contributed by atoms with Crippen LogP contribution in [0.25, 0.3) is 0 Å². The number of aromatic carboxylic acids is 1. The topological polar surface area (TPSA) is 84.9 Å². The van der Waals surface area contributed by atoms with Gasteiger partial charge in [-0.25, -0.2) is 4.79 Å². The van der Waals surface area contributed by atoms with Crippen LogP contribution in [-0.2, 0) is 4.79 Å². The van der Waals surface area contributed by atoms with Crippen LogP contribution >= 0.6 is 0 Å². The summed E-state index contributed by atoms with van der Waals surface area (Å²) in [6.45, 7) is 1.45. The van der Waals surface area contributed by atoms with Gasteiger partial charge in [0.05, 0.1) is 12.7 Å². The van der Waals surface area contributed by atoms with Crippen molar-refractivity contribution in [1.29, 1.82) is 0 Å². The van der Waals surface area contributed by atoms with Gasteiger partial charge in [0, 0.05) is 11.8 Å². The molecule has 0 aliphatic carbocycles. The summed E-state index contributed by atoms with van der Waals surface area (Å²) in [6.07, 6.45) is 0. The molecule has 0 unspecified atom stereocenters. The van der Waals surface area contributed by atoms with E-state index in [1.165, 1.54) is 6.07 Å². The molecule has 2 aromatic carbocycles. The largest absolute Gasteiger partial charge is 0.497 e. The van der Waals surface area contributed by atoms with Crippen LogP contribution in [0.1, 0.15) is 15.9 Å². The lowest BCUT2D eigenvalue weighted by Crippen LogP contribution is -2.21. The summed E-state index contributed by atoms with van der Waals surface area (Å²) in [4.78, 5) is 23.0. The number of anilines is 1. The minimum atomic E-state index is -1.04. The summed E-state index contributed by atoms with van der Waals surface area (Å²) >= 11 is 0. The van der Waals surface area contributed by atoms with Gasteiger partial charge in [-0.1, -0.05) is 12.1 Å². The number of nitrogens with one attached hydrogen (secondary N) is 1. The first-order valence-corrected chi connectivity index (χ1v) is 6.91. The van der Waals surface area contributed by atoms with Gasteiger partial charge in [-0.15, -0.1) is 0 Å². The van der Waals surface area contributed by atoms with E-state index in [1.807, 2.05) is 0 Å². The number of carboxylic acid groups (broad SMARTS) is 1. The summed E-state index contributed by atoms with van der Waals surface area (Å²) in [5.74, 6) is -0.270. The van der Waals surface area contributed by atoms with Crippen LogP contribution in [0.3, 0.4) is 0 Å². The second-order valence-electron chi connectivity index (χ2n) is 4.80. The fourth-order valence-electron chi connectivity index (χ4n) is 2.03. The van der Waals surface area contributed by atoms with Gasteiger partial charge in [-0.2, -0.15) is 0 Å². The molecule has 0 heterocycles. The van der Waals surface area contributed by atoms with E-state index in [4.69, 9.17) is 14.6 Å². The van der Waals surface area contributed by atoms with Gasteiger partial charge in [0.15, 0.2) is 6.61 Å². The quantitative estimate of drug-likeness (QED) is 0.856. The number of carboxylic acids is 1. The first-order chi connectivity index (χ1) is 11.0. The highest BCUT2D eigenvalue weighted by molar-refractivity contribution is 5.96. The summed E-state index contributed by atoms with van der Waals surface area (Å²) in [5, 5.41) is 11.7. The van der Waals surface area contributed by atoms with Crippen molar-refractivity contribution in [2.24, 2.45) is 0 Å². The van der Waals surface area contributed by atoms with Gasteiger partial charge >= 0.3 is 5.97 Å². The van der Waals surface area contributed by atoms with Crippen molar-refractivity contribution in [2.45, 2.75) is 6.92 Å². The van der Waals surface area contributed by atoms with Gasteiger partial charge in [0.1, 0.15) is 11.5 Å². The first kappa shape index (κ1) is 16.4. The Morgan fingerprint density at radius 3 is 2.52 bits per heavy atom. The van der Waals surface area contributed by atoms with Crippen molar-refractivity contribution >= 4 is 17.6 Å². The van der Waals surface area contributed by atoms with E-state index in [-0.39, 0.29) is 18.1 Å². The van der Waals surface area contributed by atoms with Crippen molar-refractivity contribution in [1.82, 2.24) is 0 Å². The molecule has 6 heteroatoms. The Hall–Kier alpha value is -3.02. The zero-order valence-electron chi connectivity index (χ0n) is 12.8. The maximum absolute atomic E-state index is 12.0. The highest BCUT2D eigenvalue weighted by atomic mass is 16.5. The number of methoxy groups -OCH3 is 1. The highest BCUT2D eigenvalue weighted by Gasteiger charge is 2.12. The number of hydrogen-bond donors (Lipinski definition) is 2. The Morgan fingerprint density at radius 2 is 1.83 bits per heavy atom. The molecular weight excluding hydrogens is 298 g/mol. The van der Waals surface area contributed by atoms with E-state index >= 15 is 0 Å². The molecule has 0 atom stereocenters. The highest BCUT2D eigenvalue weighted by Crippen LogP contribution is 2.20. The fraction of sp³-hybridized carbons (Fsp3) is 0.176. The molecule has 0 saturated heterocycles. The normalized spacial score (nSPS) is 10.0. The number of benzene rings is 2. The third kappa shape index (κ3) is 4.23. The molecule has 0 aliphatic heterocycles. The molecule has 2 aromatic rings. The Kier molecular flexibility index (Phi) is 5.19. The zero-order valence-corrected chi connectivity index (χ0v) is 12.8. The number of rotatable bonds is 6. The van der Waals surface area contributed by atoms with Crippen LogP contribution in [0.15, 0.2) is 42.5 Å². The van der Waals surface area contributed by atoms with Gasteiger partial charge in [-0.05, 0) is 36.8 Å². The van der Waals surface area contributed by atoms with Crippen LogP contribution in [0.4, 0.5) is 5.69 Å². The molecule has 0 spiro atoms. The summed E-state index contributed by atoms with van der Waals surface area (Å²) < 4.78 is 10.5. The molecular formula is C17H17NO5. The molecule has 2 N–H and O–H groups in total. The molecule has 0 aliphatic rings. The molecule has 1 amide bonds. The van der Waals surface area contributed by atoms with Gasteiger partial charge < -0.3 is 19.9 Å². The minimum absolute atomic E-state index is 0.150. The van der Waals surface area contributed by atoms with Crippen molar-refractivity contribution in [2.75, 3.05) is 19.0 Å². The number of hydrogen-bond acceptors (Lipinski definition) is 4. The SMILES string of the molecule is COc1cccc(OCC(=O)Nc2cccc(C(=O)O)c2C)c1. The third-order valence-corrected chi connectivity index (χ3v) is 3.25. The Bertz CT molecular complexity index is 727. The predicted molar refractivity (Wildman–Crippen MR) is 85.3 cm³/mol. The molecule has 23 heavy (non-hydrogen) atoms. The van der Waals surface area contributed by atoms with Crippen molar-refractivity contribution < 1.29 is 24.2 Å². The number of carbonyl (C=O) groups excluding carboxylic acids is 1. The predicted octanol–water partition coefficient (Wildman–Crippen LogP) is 2.72. The van der Waals surface area contributed by atoms with E-state index < -0.39 is 5.97 Å². The number of carbonyl (C=O) groups is 2. The van der Waals surface area contributed by atoms with E-state index in [9.17, 15) is 9.59 Å². The standard InChI is InChI=1S/C17H17NO5/c1-11-14(17(20)21)7-4-8-15(11)18-16(19)10-23-13-6-3-5-12(9-13)22-2/h3-9H,10H2,1-2H3,(H,18,19)(H,20,21). The van der Waals surface area contributed by atoms with E-state index in [1.54, 1.807) is 50.4 Å². The molecule has 2 rings (SSSR count). The zero-order chi connectivity index (χ0) is 16.8. The van der Waals surface area contributed by atoms with Crippen LogP contribution in [0.2, 0.25) is 0 Å². The number of ether oxygens (including phenoxy) is 2. The summed E-state index contributed by atoms with van der Waals surface area (Å²) in [5.41, 5.74) is 1.09. The van der Waals surface area contributed by atoms with Crippen molar-refractivity contribution in [3.05, 3.63) is 53.6 Å². The lowest BCUT2D eigenvalue weighted by molar-refractivity contribution is -0.118. The number of amides is 1. The van der Waals surface area contributed by atoms with Crippen LogP contribution in [0, 0.1) is 6.92 Å². The average molecular weight is 315 g/mol. The van der Waals surface area contributed by atoms with Gasteiger partial charge in [0.25, 0.3) is 5.91 Å². The Labute approximate surface area is 133 Å². The van der Waals surface area contributed by atoms with Crippen LogP contribution < -0.4 is 14.8 Å². The lowest BCUT2D eigenvalue weighted by Gasteiger charge is -2.11. The van der Waals surface area contributed by atoms with E-state index in [0.717, 1.165) is 0 Å².